The Bertz CT molecular complexity index is 2900. The van der Waals surface area contributed by atoms with Crippen LogP contribution in [-0.4, -0.2) is 29.8 Å². The second kappa shape index (κ2) is 20.2. The van der Waals surface area contributed by atoms with Crippen molar-refractivity contribution in [2.24, 2.45) is 21.8 Å². The number of hydrogen-bond acceptors (Lipinski definition) is 6. The van der Waals surface area contributed by atoms with Crippen LogP contribution in [0.25, 0.3) is 0 Å². The van der Waals surface area contributed by atoms with Crippen molar-refractivity contribution >= 4 is 92.9 Å². The van der Waals surface area contributed by atoms with Crippen LogP contribution in [-0.2, 0) is 13.0 Å². The first-order valence-electron chi connectivity index (χ1n) is 23.0. The number of hydrogen-bond donors (Lipinski definition) is 2. The van der Waals surface area contributed by atoms with Crippen LogP contribution < -0.4 is 10.6 Å². The number of aliphatic imine (C=N–C) groups is 2. The molecule has 2 saturated carbocycles. The largest absolute Gasteiger partial charge is 0.352 e. The number of nitrogens with zero attached hydrogens (tertiary/aromatic N) is 2. The van der Waals surface area contributed by atoms with Crippen molar-refractivity contribution in [3.8, 4) is 0 Å². The summed E-state index contributed by atoms with van der Waals surface area (Å²) >= 11 is 22.3. The Morgan fingerprint density at radius 3 is 1.94 bits per heavy atom. The van der Waals surface area contributed by atoms with Gasteiger partial charge in [-0.15, -0.1) is 0 Å². The molecule has 2 N–H and O–H groups in total. The van der Waals surface area contributed by atoms with Crippen molar-refractivity contribution in [2.45, 2.75) is 96.3 Å². The summed E-state index contributed by atoms with van der Waals surface area (Å²) in [5, 5.41) is 7.94. The molecule has 66 heavy (non-hydrogen) atoms. The van der Waals surface area contributed by atoms with E-state index in [1.807, 2.05) is 60.7 Å². The first-order chi connectivity index (χ1) is 32.2. The number of fused-ring (bicyclic) bond motifs is 4. The quantitative estimate of drug-likeness (QED) is 0.143. The van der Waals surface area contributed by atoms with Gasteiger partial charge in [-0.25, -0.2) is 0 Å². The second-order valence-corrected chi connectivity index (χ2v) is 21.1. The number of nitrogens with one attached hydrogen (secondary N) is 2. The SMILES string of the molecule is O=C(NCCc1cccc(Cl)c1)c1ccc2c(c1)N=C(C1CCC(c3cccc4c3Sc3ccc(C(=O)NCc5ccc(Cl)cc5Cl)cc3N=C4C3CCCCC3)CC1)c1ccccc1S2. The monoisotopic (exact) mass is 966 g/mol. The van der Waals surface area contributed by atoms with Gasteiger partial charge in [0.2, 0.25) is 0 Å². The van der Waals surface area contributed by atoms with E-state index in [1.165, 1.54) is 45.7 Å². The lowest BCUT2D eigenvalue weighted by Crippen LogP contribution is -2.25. The van der Waals surface area contributed by atoms with Crippen LogP contribution in [0.1, 0.15) is 112 Å². The van der Waals surface area contributed by atoms with Crippen LogP contribution in [0.15, 0.2) is 151 Å². The molecule has 2 fully saturated rings. The number of rotatable bonds is 10. The standard InChI is InChI=1S/C55H49Cl3N4O2S2/c56-40-11-6-8-33(28-40)26-27-59-54(63)37-21-24-49-46(29-37)61-51(43-12-4-5-15-48(43)65-49)36-18-16-34(17-19-36)42-13-7-14-44-52(35-9-2-1-3-10-35)62-47-30-38(22-25-50(47)66-53(42)44)55(64)60-32-39-20-23-41(57)31-45(39)58/h4-8,11-15,20-25,28-31,34-36H,1-3,9-10,16-19,26-27,32H2,(H,59,63)(H,60,64). The zero-order chi connectivity index (χ0) is 45.1. The lowest BCUT2D eigenvalue weighted by Gasteiger charge is -2.32. The minimum absolute atomic E-state index is 0.107. The van der Waals surface area contributed by atoms with Crippen molar-refractivity contribution in [1.82, 2.24) is 10.6 Å². The Hall–Kier alpha value is -4.83. The average Bonchev–Trinajstić information content (AvgIpc) is 3.61. The molecule has 2 aliphatic carbocycles. The summed E-state index contributed by atoms with van der Waals surface area (Å²) in [6.45, 7) is 0.813. The van der Waals surface area contributed by atoms with Gasteiger partial charge >= 0.3 is 0 Å². The third-order valence-corrected chi connectivity index (χ3v) is 16.6. The van der Waals surface area contributed by atoms with Crippen LogP contribution >= 0.6 is 58.3 Å². The maximum atomic E-state index is 13.6. The molecule has 0 saturated heterocycles. The van der Waals surface area contributed by atoms with Gasteiger partial charge in [0.25, 0.3) is 11.8 Å². The fraction of sp³-hybridized carbons (Fsp3) is 0.273. The van der Waals surface area contributed by atoms with E-state index in [0.29, 0.717) is 57.5 Å². The summed E-state index contributed by atoms with van der Waals surface area (Å²) in [4.78, 5) is 42.6. The molecule has 6 aromatic rings. The van der Waals surface area contributed by atoms with Gasteiger partial charge in [-0.3, -0.25) is 19.6 Å². The molecule has 0 radical (unpaired) electrons. The van der Waals surface area contributed by atoms with Crippen LogP contribution in [0, 0.1) is 11.8 Å². The molecule has 6 aromatic carbocycles. The molecule has 0 unspecified atom stereocenters. The normalized spacial score (nSPS) is 18.0. The molecule has 0 atom stereocenters. The summed E-state index contributed by atoms with van der Waals surface area (Å²) in [5.41, 5.74) is 10.9. The van der Waals surface area contributed by atoms with Crippen molar-refractivity contribution in [3.05, 3.63) is 175 Å². The van der Waals surface area contributed by atoms with Gasteiger partial charge in [0.15, 0.2) is 0 Å². The highest BCUT2D eigenvalue weighted by atomic mass is 35.5. The number of benzene rings is 6. The Labute approximate surface area is 410 Å². The number of carbonyl (C=O) groups is 2. The molecule has 2 amide bonds. The molecule has 4 aliphatic rings. The molecular formula is C55H49Cl3N4O2S2. The van der Waals surface area contributed by atoms with Crippen LogP contribution in [0.2, 0.25) is 15.1 Å². The molecule has 0 aromatic heterocycles. The van der Waals surface area contributed by atoms with Crippen molar-refractivity contribution < 1.29 is 9.59 Å². The van der Waals surface area contributed by atoms with Gasteiger partial charge in [-0.1, -0.05) is 132 Å². The van der Waals surface area contributed by atoms with E-state index < -0.39 is 0 Å². The lowest BCUT2D eigenvalue weighted by atomic mass is 9.75. The maximum absolute atomic E-state index is 13.6. The molecule has 11 heteroatoms. The number of amides is 2. The summed E-state index contributed by atoms with van der Waals surface area (Å²) in [6.07, 6.45) is 10.7. The smallest absolute Gasteiger partial charge is 0.251 e. The molecule has 2 aliphatic heterocycles. The summed E-state index contributed by atoms with van der Waals surface area (Å²) in [7, 11) is 0. The fourth-order valence-electron chi connectivity index (χ4n) is 9.97. The summed E-state index contributed by atoms with van der Waals surface area (Å²) in [5.74, 6) is 0.754. The van der Waals surface area contributed by atoms with E-state index in [-0.39, 0.29) is 17.7 Å². The first-order valence-corrected chi connectivity index (χ1v) is 25.8. The minimum Gasteiger partial charge on any atom is -0.352 e. The second-order valence-electron chi connectivity index (χ2n) is 17.7. The lowest BCUT2D eigenvalue weighted by molar-refractivity contribution is 0.0944. The van der Waals surface area contributed by atoms with Crippen LogP contribution in [0.3, 0.4) is 0 Å². The van der Waals surface area contributed by atoms with Crippen molar-refractivity contribution in [2.75, 3.05) is 6.54 Å². The molecule has 0 bridgehead atoms. The minimum atomic E-state index is -0.169. The third kappa shape index (κ3) is 9.91. The van der Waals surface area contributed by atoms with E-state index >= 15 is 0 Å². The van der Waals surface area contributed by atoms with Gasteiger partial charge in [-0.05, 0) is 134 Å². The molecule has 334 valence electrons. The van der Waals surface area contributed by atoms with E-state index in [1.54, 1.807) is 35.7 Å². The molecule has 0 spiro atoms. The Morgan fingerprint density at radius 1 is 0.561 bits per heavy atom. The Balaban J connectivity index is 0.893. The van der Waals surface area contributed by atoms with Crippen LogP contribution in [0.5, 0.6) is 0 Å². The number of carbonyl (C=O) groups excluding carboxylic acids is 2. The van der Waals surface area contributed by atoms with Gasteiger partial charge in [0.1, 0.15) is 0 Å². The molecule has 2 heterocycles. The van der Waals surface area contributed by atoms with Gasteiger partial charge < -0.3 is 10.6 Å². The highest BCUT2D eigenvalue weighted by molar-refractivity contribution is 8.00. The molecular weight excluding hydrogens is 919 g/mol. The fourth-order valence-corrected chi connectivity index (χ4v) is 12.9. The zero-order valence-corrected chi connectivity index (χ0v) is 40.3. The van der Waals surface area contributed by atoms with E-state index in [4.69, 9.17) is 44.8 Å². The Kier molecular flexibility index (Phi) is 13.8. The van der Waals surface area contributed by atoms with Crippen molar-refractivity contribution in [1.29, 1.82) is 0 Å². The first kappa shape index (κ1) is 45.0. The number of halogens is 3. The highest BCUT2D eigenvalue weighted by Gasteiger charge is 2.33. The maximum Gasteiger partial charge on any atom is 0.251 e. The van der Waals surface area contributed by atoms with Crippen molar-refractivity contribution in [3.63, 3.8) is 0 Å². The molecule has 6 nitrogen and oxygen atoms in total. The summed E-state index contributed by atoms with van der Waals surface area (Å²) < 4.78 is 0. The van der Waals surface area contributed by atoms with Gasteiger partial charge in [0.05, 0.1) is 22.8 Å². The molecule has 10 rings (SSSR count). The summed E-state index contributed by atoms with van der Waals surface area (Å²) in [6, 6.07) is 40.4. The highest BCUT2D eigenvalue weighted by Crippen LogP contribution is 2.50. The van der Waals surface area contributed by atoms with Gasteiger partial charge in [-0.2, -0.15) is 0 Å². The predicted octanol–water partition coefficient (Wildman–Crippen LogP) is 15.3. The van der Waals surface area contributed by atoms with E-state index in [9.17, 15) is 9.59 Å². The third-order valence-electron chi connectivity index (χ3n) is 13.4. The zero-order valence-electron chi connectivity index (χ0n) is 36.4. The van der Waals surface area contributed by atoms with E-state index in [0.717, 1.165) is 82.2 Å². The predicted molar refractivity (Wildman–Crippen MR) is 273 cm³/mol. The van der Waals surface area contributed by atoms with Crippen LogP contribution in [0.4, 0.5) is 11.4 Å². The average molecular weight is 969 g/mol. The Morgan fingerprint density at radius 2 is 1.20 bits per heavy atom. The van der Waals surface area contributed by atoms with E-state index in [2.05, 4.69) is 59.2 Å². The van der Waals surface area contributed by atoms with Gasteiger partial charge in [0, 0.05) is 81.8 Å². The topological polar surface area (TPSA) is 82.9 Å².